The first kappa shape index (κ1) is 10.4. The average Bonchev–Trinajstić information content (AvgIpc) is 2.29. The minimum atomic E-state index is 0.0285. The summed E-state index contributed by atoms with van der Waals surface area (Å²) in [5.74, 6) is 0.0285. The molecule has 0 spiro atoms. The summed E-state index contributed by atoms with van der Waals surface area (Å²) in [7, 11) is 0. The molecular weight excluding hydrogens is 214 g/mol. The van der Waals surface area contributed by atoms with E-state index >= 15 is 0 Å². The zero-order chi connectivity index (χ0) is 10.7. The van der Waals surface area contributed by atoms with Crippen LogP contribution in [-0.4, -0.2) is 42.0 Å². The van der Waals surface area contributed by atoms with Crippen LogP contribution in [0.5, 0.6) is 0 Å². The highest BCUT2D eigenvalue weighted by atomic mass is 35.5. The second-order valence-corrected chi connectivity index (χ2v) is 3.80. The SMILES string of the molecule is O=C(c1ccnc(Cl)c1)N1CCNCC1. The lowest BCUT2D eigenvalue weighted by Gasteiger charge is -2.27. The van der Waals surface area contributed by atoms with Crippen molar-refractivity contribution < 1.29 is 4.79 Å². The van der Waals surface area contributed by atoms with E-state index in [1.807, 2.05) is 4.90 Å². The van der Waals surface area contributed by atoms with Gasteiger partial charge in [0, 0.05) is 37.9 Å². The molecule has 1 aliphatic heterocycles. The van der Waals surface area contributed by atoms with Crippen molar-refractivity contribution in [3.63, 3.8) is 0 Å². The Morgan fingerprint density at radius 1 is 1.47 bits per heavy atom. The zero-order valence-corrected chi connectivity index (χ0v) is 9.00. The summed E-state index contributed by atoms with van der Waals surface area (Å²) in [5.41, 5.74) is 0.608. The standard InChI is InChI=1S/C10H12ClN3O/c11-9-7-8(1-2-13-9)10(15)14-5-3-12-4-6-14/h1-2,7,12H,3-6H2. The van der Waals surface area contributed by atoms with Crippen LogP contribution >= 0.6 is 11.6 Å². The number of rotatable bonds is 1. The van der Waals surface area contributed by atoms with E-state index in [4.69, 9.17) is 11.6 Å². The highest BCUT2D eigenvalue weighted by Gasteiger charge is 2.17. The quantitative estimate of drug-likeness (QED) is 0.719. The second kappa shape index (κ2) is 4.59. The number of pyridine rings is 1. The Morgan fingerprint density at radius 3 is 2.87 bits per heavy atom. The average molecular weight is 226 g/mol. The molecule has 15 heavy (non-hydrogen) atoms. The molecule has 2 heterocycles. The molecule has 1 fully saturated rings. The van der Waals surface area contributed by atoms with Gasteiger partial charge in [-0.1, -0.05) is 11.6 Å². The first-order valence-electron chi connectivity index (χ1n) is 4.89. The van der Waals surface area contributed by atoms with Gasteiger partial charge in [-0.05, 0) is 12.1 Å². The lowest BCUT2D eigenvalue weighted by atomic mass is 10.2. The van der Waals surface area contributed by atoms with Gasteiger partial charge in [0.2, 0.25) is 0 Å². The van der Waals surface area contributed by atoms with Crippen molar-refractivity contribution in [2.24, 2.45) is 0 Å². The van der Waals surface area contributed by atoms with E-state index in [0.29, 0.717) is 10.7 Å². The van der Waals surface area contributed by atoms with Crippen LogP contribution in [0.3, 0.4) is 0 Å². The molecule has 5 heteroatoms. The summed E-state index contributed by atoms with van der Waals surface area (Å²) >= 11 is 5.73. The molecule has 1 aliphatic rings. The third kappa shape index (κ3) is 2.46. The van der Waals surface area contributed by atoms with Gasteiger partial charge in [0.25, 0.3) is 5.91 Å². The number of hydrogen-bond acceptors (Lipinski definition) is 3. The second-order valence-electron chi connectivity index (χ2n) is 3.41. The Labute approximate surface area is 93.2 Å². The molecule has 1 aromatic heterocycles. The van der Waals surface area contributed by atoms with Crippen LogP contribution in [0.2, 0.25) is 5.15 Å². The fourth-order valence-electron chi connectivity index (χ4n) is 1.59. The van der Waals surface area contributed by atoms with E-state index in [0.717, 1.165) is 26.2 Å². The predicted octanol–water partition coefficient (Wildman–Crippen LogP) is 0.780. The van der Waals surface area contributed by atoms with Crippen molar-refractivity contribution >= 4 is 17.5 Å². The van der Waals surface area contributed by atoms with Crippen molar-refractivity contribution in [1.29, 1.82) is 0 Å². The number of carbonyl (C=O) groups excluding carboxylic acids is 1. The molecule has 0 radical (unpaired) electrons. The monoisotopic (exact) mass is 225 g/mol. The molecule has 0 bridgehead atoms. The van der Waals surface area contributed by atoms with Gasteiger partial charge in [0.1, 0.15) is 5.15 Å². The Balaban J connectivity index is 2.12. The third-order valence-corrected chi connectivity index (χ3v) is 2.58. The largest absolute Gasteiger partial charge is 0.336 e. The highest BCUT2D eigenvalue weighted by Crippen LogP contribution is 2.10. The van der Waals surface area contributed by atoms with Gasteiger partial charge in [-0.2, -0.15) is 0 Å². The molecule has 0 saturated carbocycles. The van der Waals surface area contributed by atoms with Crippen LogP contribution < -0.4 is 5.32 Å². The van der Waals surface area contributed by atoms with Gasteiger partial charge >= 0.3 is 0 Å². The van der Waals surface area contributed by atoms with Crippen molar-refractivity contribution in [1.82, 2.24) is 15.2 Å². The van der Waals surface area contributed by atoms with E-state index in [1.54, 1.807) is 18.3 Å². The van der Waals surface area contributed by atoms with E-state index in [-0.39, 0.29) is 5.91 Å². The molecule has 4 nitrogen and oxygen atoms in total. The maximum atomic E-state index is 12.0. The smallest absolute Gasteiger partial charge is 0.254 e. The molecule has 1 saturated heterocycles. The van der Waals surface area contributed by atoms with Gasteiger partial charge in [-0.3, -0.25) is 4.79 Å². The van der Waals surface area contributed by atoms with Crippen molar-refractivity contribution in [2.75, 3.05) is 26.2 Å². The number of nitrogens with one attached hydrogen (secondary N) is 1. The van der Waals surface area contributed by atoms with Crippen molar-refractivity contribution in [3.8, 4) is 0 Å². The molecule has 1 amide bonds. The van der Waals surface area contributed by atoms with Crippen LogP contribution in [-0.2, 0) is 0 Å². The van der Waals surface area contributed by atoms with Gasteiger partial charge in [-0.25, -0.2) is 4.98 Å². The molecule has 1 N–H and O–H groups in total. The Bertz CT molecular complexity index is 363. The summed E-state index contributed by atoms with van der Waals surface area (Å²) < 4.78 is 0. The molecular formula is C10H12ClN3O. The normalized spacial score (nSPS) is 16.5. The van der Waals surface area contributed by atoms with Gasteiger partial charge in [0.05, 0.1) is 0 Å². The first-order valence-corrected chi connectivity index (χ1v) is 5.27. The van der Waals surface area contributed by atoms with E-state index in [9.17, 15) is 4.79 Å². The number of aromatic nitrogens is 1. The van der Waals surface area contributed by atoms with E-state index < -0.39 is 0 Å². The van der Waals surface area contributed by atoms with Crippen LogP contribution in [0.4, 0.5) is 0 Å². The maximum absolute atomic E-state index is 12.0. The lowest BCUT2D eigenvalue weighted by molar-refractivity contribution is 0.0735. The summed E-state index contributed by atoms with van der Waals surface area (Å²) in [6.45, 7) is 3.20. The highest BCUT2D eigenvalue weighted by molar-refractivity contribution is 6.29. The molecule has 0 unspecified atom stereocenters. The summed E-state index contributed by atoms with van der Waals surface area (Å²) in [5, 5.41) is 3.56. The third-order valence-electron chi connectivity index (χ3n) is 2.38. The molecule has 80 valence electrons. The lowest BCUT2D eigenvalue weighted by Crippen LogP contribution is -2.46. The fourth-order valence-corrected chi connectivity index (χ4v) is 1.76. The number of hydrogen-bond donors (Lipinski definition) is 1. The summed E-state index contributed by atoms with van der Waals surface area (Å²) in [6, 6.07) is 3.29. The first-order chi connectivity index (χ1) is 7.27. The van der Waals surface area contributed by atoms with E-state index in [1.165, 1.54) is 0 Å². The summed E-state index contributed by atoms with van der Waals surface area (Å²) in [6.07, 6.45) is 1.55. The predicted molar refractivity (Wildman–Crippen MR) is 58.0 cm³/mol. The van der Waals surface area contributed by atoms with Crippen LogP contribution in [0.15, 0.2) is 18.3 Å². The minimum absolute atomic E-state index is 0.0285. The molecule has 0 aliphatic carbocycles. The molecule has 0 atom stereocenters. The number of carbonyl (C=O) groups is 1. The van der Waals surface area contributed by atoms with Crippen LogP contribution in [0, 0.1) is 0 Å². The minimum Gasteiger partial charge on any atom is -0.336 e. The number of halogens is 1. The van der Waals surface area contributed by atoms with E-state index in [2.05, 4.69) is 10.3 Å². The molecule has 0 aromatic carbocycles. The van der Waals surface area contributed by atoms with Crippen molar-refractivity contribution in [3.05, 3.63) is 29.0 Å². The molecule has 1 aromatic rings. The number of amides is 1. The Morgan fingerprint density at radius 2 is 2.20 bits per heavy atom. The zero-order valence-electron chi connectivity index (χ0n) is 8.24. The topological polar surface area (TPSA) is 45.2 Å². The maximum Gasteiger partial charge on any atom is 0.254 e. The van der Waals surface area contributed by atoms with Crippen LogP contribution in [0.1, 0.15) is 10.4 Å². The molecule has 2 rings (SSSR count). The van der Waals surface area contributed by atoms with Gasteiger partial charge in [-0.15, -0.1) is 0 Å². The summed E-state index contributed by atoms with van der Waals surface area (Å²) in [4.78, 5) is 17.6. The number of nitrogens with zero attached hydrogens (tertiary/aromatic N) is 2. The van der Waals surface area contributed by atoms with Crippen LogP contribution in [0.25, 0.3) is 0 Å². The Hall–Kier alpha value is -1.13. The fraction of sp³-hybridized carbons (Fsp3) is 0.400. The van der Waals surface area contributed by atoms with Gasteiger partial charge < -0.3 is 10.2 Å². The van der Waals surface area contributed by atoms with Gasteiger partial charge in [0.15, 0.2) is 0 Å². The van der Waals surface area contributed by atoms with Crippen molar-refractivity contribution in [2.45, 2.75) is 0 Å². The Kier molecular flexibility index (Phi) is 3.18. The number of piperazine rings is 1.